The molecule has 0 spiro atoms. The van der Waals surface area contributed by atoms with Crippen LogP contribution in [0.1, 0.15) is 40.5 Å². The molecule has 0 bridgehead atoms. The Hall–Kier alpha value is -0.660. The van der Waals surface area contributed by atoms with E-state index in [9.17, 15) is 0 Å². The van der Waals surface area contributed by atoms with E-state index in [4.69, 9.17) is 10.8 Å². The van der Waals surface area contributed by atoms with Gasteiger partial charge in [-0.1, -0.05) is 20.3 Å². The van der Waals surface area contributed by atoms with Gasteiger partial charge in [-0.2, -0.15) is 0 Å². The van der Waals surface area contributed by atoms with E-state index in [1.807, 2.05) is 0 Å². The van der Waals surface area contributed by atoms with Gasteiger partial charge in [-0.15, -0.1) is 0 Å². The third kappa shape index (κ3) is 26.4. The Morgan fingerprint density at radius 1 is 1.00 bits per heavy atom. The van der Waals surface area contributed by atoms with Gasteiger partial charge < -0.3 is 10.8 Å². The molecule has 0 unspecified atom stereocenters. The summed E-state index contributed by atoms with van der Waals surface area (Å²) in [5, 5.41) is 13.8. The van der Waals surface area contributed by atoms with Crippen molar-refractivity contribution < 1.29 is 0 Å². The lowest BCUT2D eigenvalue weighted by atomic mass is 10.2. The predicted molar refractivity (Wildman–Crippen MR) is 47.4 cm³/mol. The van der Waals surface area contributed by atoms with E-state index < -0.39 is 0 Å². The summed E-state index contributed by atoms with van der Waals surface area (Å²) in [6.45, 7) is 7.66. The van der Waals surface area contributed by atoms with Crippen LogP contribution in [0.15, 0.2) is 0 Å². The zero-order valence-corrected chi connectivity index (χ0v) is 7.41. The smallest absolute Gasteiger partial charge is 0.0224 e. The highest BCUT2D eigenvalue weighted by atomic mass is 14.4. The maximum Gasteiger partial charge on any atom is 0.0224 e. The SMILES string of the molecule is CC(=N)CC(C)=N.CCC. The van der Waals surface area contributed by atoms with Crippen LogP contribution in [0.5, 0.6) is 0 Å². The Morgan fingerprint density at radius 2 is 1.20 bits per heavy atom. The monoisotopic (exact) mass is 142 g/mol. The van der Waals surface area contributed by atoms with E-state index in [2.05, 4.69) is 13.8 Å². The standard InChI is InChI=1S/C5H10N2.C3H8/c1-4(6)3-5(2)7;1-3-2/h6-7H,3H2,1-2H3;3H2,1-2H3. The highest BCUT2D eigenvalue weighted by Crippen LogP contribution is 1.81. The molecule has 0 aliphatic heterocycles. The first-order valence-electron chi connectivity index (χ1n) is 3.62. The average Bonchev–Trinajstić information content (AvgIpc) is 1.62. The molecule has 60 valence electrons. The topological polar surface area (TPSA) is 47.7 Å². The molecule has 0 radical (unpaired) electrons. The average molecular weight is 142 g/mol. The molecule has 2 N–H and O–H groups in total. The van der Waals surface area contributed by atoms with Crippen molar-refractivity contribution in [2.24, 2.45) is 0 Å². The Morgan fingerprint density at radius 3 is 1.20 bits per heavy atom. The van der Waals surface area contributed by atoms with Crippen molar-refractivity contribution in [3.8, 4) is 0 Å². The molecule has 0 amide bonds. The summed E-state index contributed by atoms with van der Waals surface area (Å²) < 4.78 is 0. The van der Waals surface area contributed by atoms with Crippen LogP contribution >= 0.6 is 0 Å². The van der Waals surface area contributed by atoms with Gasteiger partial charge in [-0.05, 0) is 13.8 Å². The van der Waals surface area contributed by atoms with Crippen molar-refractivity contribution in [2.75, 3.05) is 0 Å². The second-order valence-electron chi connectivity index (χ2n) is 2.44. The normalized spacial score (nSPS) is 7.60. The van der Waals surface area contributed by atoms with Crippen LogP contribution in [0.2, 0.25) is 0 Å². The molecule has 0 atom stereocenters. The molecule has 0 fully saturated rings. The molecule has 0 heterocycles. The fourth-order valence-corrected chi connectivity index (χ4v) is 0.398. The van der Waals surface area contributed by atoms with Gasteiger partial charge in [0.15, 0.2) is 0 Å². The Labute approximate surface area is 63.7 Å². The van der Waals surface area contributed by atoms with Gasteiger partial charge in [-0.25, -0.2) is 0 Å². The number of hydrogen-bond donors (Lipinski definition) is 2. The summed E-state index contributed by atoms with van der Waals surface area (Å²) in [7, 11) is 0. The Balaban J connectivity index is 0. The molecule has 2 nitrogen and oxygen atoms in total. The summed E-state index contributed by atoms with van der Waals surface area (Å²) in [5.41, 5.74) is 1.13. The van der Waals surface area contributed by atoms with Crippen LogP contribution in [-0.2, 0) is 0 Å². The van der Waals surface area contributed by atoms with Crippen molar-refractivity contribution in [2.45, 2.75) is 40.5 Å². The minimum atomic E-state index is 0.528. The summed E-state index contributed by atoms with van der Waals surface area (Å²) in [6, 6.07) is 0. The van der Waals surface area contributed by atoms with E-state index in [-0.39, 0.29) is 0 Å². The van der Waals surface area contributed by atoms with Crippen molar-refractivity contribution in [1.82, 2.24) is 0 Å². The van der Waals surface area contributed by atoms with Gasteiger partial charge >= 0.3 is 0 Å². The van der Waals surface area contributed by atoms with Crippen LogP contribution in [0.3, 0.4) is 0 Å². The van der Waals surface area contributed by atoms with Crippen molar-refractivity contribution in [3.05, 3.63) is 0 Å². The summed E-state index contributed by atoms with van der Waals surface area (Å²) >= 11 is 0. The third-order valence-electron chi connectivity index (χ3n) is 0.530. The van der Waals surface area contributed by atoms with E-state index in [1.165, 1.54) is 6.42 Å². The first kappa shape index (κ1) is 12.1. The predicted octanol–water partition coefficient (Wildman–Crippen LogP) is 2.87. The van der Waals surface area contributed by atoms with Crippen molar-refractivity contribution in [1.29, 1.82) is 10.8 Å². The quantitative estimate of drug-likeness (QED) is 0.557. The van der Waals surface area contributed by atoms with E-state index in [0.29, 0.717) is 17.8 Å². The van der Waals surface area contributed by atoms with E-state index in [0.717, 1.165) is 0 Å². The fourth-order valence-electron chi connectivity index (χ4n) is 0.398. The highest BCUT2D eigenvalue weighted by Gasteiger charge is 1.86. The Kier molecular flexibility index (Phi) is 10.1. The van der Waals surface area contributed by atoms with Crippen LogP contribution in [0.25, 0.3) is 0 Å². The zero-order chi connectivity index (χ0) is 8.57. The molecule has 0 saturated carbocycles. The molecule has 0 aliphatic rings. The molecule has 0 aromatic rings. The molecule has 0 aromatic carbocycles. The van der Waals surface area contributed by atoms with Gasteiger partial charge in [0, 0.05) is 17.8 Å². The first-order valence-corrected chi connectivity index (χ1v) is 3.62. The molecule has 0 aromatic heterocycles. The number of rotatable bonds is 2. The maximum atomic E-state index is 6.88. The van der Waals surface area contributed by atoms with Crippen LogP contribution in [0, 0.1) is 10.8 Å². The summed E-state index contributed by atoms with van der Waals surface area (Å²) in [5.74, 6) is 0. The minimum Gasteiger partial charge on any atom is -0.310 e. The molecule has 0 rings (SSSR count). The molecule has 0 aliphatic carbocycles. The Bertz CT molecular complexity index is 93.8. The van der Waals surface area contributed by atoms with Crippen molar-refractivity contribution >= 4 is 11.4 Å². The second kappa shape index (κ2) is 8.34. The summed E-state index contributed by atoms with van der Waals surface area (Å²) in [4.78, 5) is 0. The van der Waals surface area contributed by atoms with Gasteiger partial charge in [-0.3, -0.25) is 0 Å². The number of hydrogen-bond acceptors (Lipinski definition) is 2. The lowest BCUT2D eigenvalue weighted by molar-refractivity contribution is 1.09. The van der Waals surface area contributed by atoms with Crippen molar-refractivity contribution in [3.63, 3.8) is 0 Å². The van der Waals surface area contributed by atoms with Crippen LogP contribution in [-0.4, -0.2) is 11.4 Å². The maximum absolute atomic E-state index is 6.88. The first-order chi connectivity index (χ1) is 4.54. The molecule has 10 heavy (non-hydrogen) atoms. The molecule has 0 saturated heterocycles. The molecular weight excluding hydrogens is 124 g/mol. The fraction of sp³-hybridized carbons (Fsp3) is 0.750. The van der Waals surface area contributed by atoms with Gasteiger partial charge in [0.25, 0.3) is 0 Å². The summed E-state index contributed by atoms with van der Waals surface area (Å²) in [6.07, 6.45) is 1.78. The molecular formula is C8H18N2. The lowest BCUT2D eigenvalue weighted by Crippen LogP contribution is -1.95. The van der Waals surface area contributed by atoms with Gasteiger partial charge in [0.05, 0.1) is 0 Å². The third-order valence-corrected chi connectivity index (χ3v) is 0.530. The largest absolute Gasteiger partial charge is 0.310 e. The van der Waals surface area contributed by atoms with Gasteiger partial charge in [0.2, 0.25) is 0 Å². The zero-order valence-electron chi connectivity index (χ0n) is 7.41. The lowest BCUT2D eigenvalue weighted by Gasteiger charge is -1.89. The van der Waals surface area contributed by atoms with E-state index in [1.54, 1.807) is 13.8 Å². The van der Waals surface area contributed by atoms with Crippen LogP contribution < -0.4 is 0 Å². The minimum absolute atomic E-state index is 0.528. The highest BCUT2D eigenvalue weighted by molar-refractivity contribution is 5.99. The molecule has 2 heteroatoms. The van der Waals surface area contributed by atoms with E-state index >= 15 is 0 Å². The second-order valence-corrected chi connectivity index (χ2v) is 2.44. The van der Waals surface area contributed by atoms with Crippen LogP contribution in [0.4, 0.5) is 0 Å². The van der Waals surface area contributed by atoms with Gasteiger partial charge in [0.1, 0.15) is 0 Å². The number of nitrogens with one attached hydrogen (secondary N) is 2.